The average Bonchev–Trinajstić information content (AvgIpc) is 2.68. The van der Waals surface area contributed by atoms with E-state index in [-0.39, 0.29) is 0 Å². The van der Waals surface area contributed by atoms with Crippen molar-refractivity contribution in [3.8, 4) is 5.88 Å². The van der Waals surface area contributed by atoms with Crippen LogP contribution in [0.2, 0.25) is 0 Å². The van der Waals surface area contributed by atoms with Crippen molar-refractivity contribution in [3.63, 3.8) is 0 Å². The van der Waals surface area contributed by atoms with Crippen molar-refractivity contribution in [2.24, 2.45) is 10.9 Å². The van der Waals surface area contributed by atoms with Gasteiger partial charge in [-0.1, -0.05) is 6.07 Å². The number of hydrogen-bond donors (Lipinski definition) is 2. The van der Waals surface area contributed by atoms with E-state index in [1.165, 1.54) is 0 Å². The number of ether oxygens (including phenoxy) is 3. The normalized spacial score (nSPS) is 15.8. The van der Waals surface area contributed by atoms with Gasteiger partial charge in [0, 0.05) is 58.3 Å². The van der Waals surface area contributed by atoms with Gasteiger partial charge in [0.1, 0.15) is 0 Å². The van der Waals surface area contributed by atoms with Gasteiger partial charge in [0.05, 0.1) is 7.11 Å². The third-order valence-corrected chi connectivity index (χ3v) is 4.17. The van der Waals surface area contributed by atoms with Crippen LogP contribution >= 0.6 is 0 Å². The first-order valence-corrected chi connectivity index (χ1v) is 8.91. The number of nitrogens with one attached hydrogen (secondary N) is 2. The Balaban J connectivity index is 1.57. The van der Waals surface area contributed by atoms with Crippen LogP contribution in [0.1, 0.15) is 24.8 Å². The molecule has 0 aliphatic carbocycles. The molecule has 7 heteroatoms. The highest BCUT2D eigenvalue weighted by molar-refractivity contribution is 5.79. The van der Waals surface area contributed by atoms with Gasteiger partial charge in [0.25, 0.3) is 0 Å². The van der Waals surface area contributed by atoms with Crippen LogP contribution in [0.15, 0.2) is 23.3 Å². The van der Waals surface area contributed by atoms with E-state index in [0.717, 1.165) is 63.8 Å². The van der Waals surface area contributed by atoms with Crippen molar-refractivity contribution in [3.05, 3.63) is 23.9 Å². The zero-order valence-electron chi connectivity index (χ0n) is 15.3. The fraction of sp³-hybridized carbons (Fsp3) is 0.667. The van der Waals surface area contributed by atoms with Crippen molar-refractivity contribution >= 4 is 5.96 Å². The van der Waals surface area contributed by atoms with E-state index < -0.39 is 0 Å². The minimum Gasteiger partial charge on any atom is -0.481 e. The molecule has 1 aromatic heterocycles. The topological polar surface area (TPSA) is 77.0 Å². The van der Waals surface area contributed by atoms with Crippen LogP contribution < -0.4 is 15.4 Å². The largest absolute Gasteiger partial charge is 0.481 e. The number of nitrogens with zero attached hydrogens (tertiary/aromatic N) is 2. The summed E-state index contributed by atoms with van der Waals surface area (Å²) in [6.07, 6.45) is 4.90. The van der Waals surface area contributed by atoms with E-state index in [2.05, 4.69) is 20.6 Å². The summed E-state index contributed by atoms with van der Waals surface area (Å²) in [4.78, 5) is 8.42. The SMILES string of the molecule is CN=C(NCCCOCC1CCOCC1)NCc1cccnc1OC. The predicted molar refractivity (Wildman–Crippen MR) is 98.0 cm³/mol. The minimum absolute atomic E-state index is 0.608. The van der Waals surface area contributed by atoms with Gasteiger partial charge in [-0.2, -0.15) is 0 Å². The van der Waals surface area contributed by atoms with Crippen molar-refractivity contribution in [1.29, 1.82) is 0 Å². The molecule has 140 valence electrons. The fourth-order valence-electron chi connectivity index (χ4n) is 2.69. The first kappa shape index (κ1) is 19.5. The third-order valence-electron chi connectivity index (χ3n) is 4.17. The van der Waals surface area contributed by atoms with E-state index in [9.17, 15) is 0 Å². The second-order valence-corrected chi connectivity index (χ2v) is 6.01. The molecule has 1 saturated heterocycles. The molecular weight excluding hydrogens is 320 g/mol. The Bertz CT molecular complexity index is 519. The quantitative estimate of drug-likeness (QED) is 0.400. The monoisotopic (exact) mass is 350 g/mol. The molecule has 0 spiro atoms. The number of pyridine rings is 1. The zero-order valence-corrected chi connectivity index (χ0v) is 15.3. The second kappa shape index (κ2) is 11.7. The lowest BCUT2D eigenvalue weighted by molar-refractivity contribution is 0.0203. The van der Waals surface area contributed by atoms with Gasteiger partial charge < -0.3 is 24.8 Å². The molecule has 0 saturated carbocycles. The molecule has 0 bridgehead atoms. The molecule has 0 aromatic carbocycles. The Morgan fingerprint density at radius 1 is 1.36 bits per heavy atom. The van der Waals surface area contributed by atoms with Crippen molar-refractivity contribution < 1.29 is 14.2 Å². The van der Waals surface area contributed by atoms with E-state index in [0.29, 0.717) is 18.3 Å². The number of rotatable bonds is 9. The summed E-state index contributed by atoms with van der Waals surface area (Å²) in [5.74, 6) is 2.05. The number of hydrogen-bond acceptors (Lipinski definition) is 5. The Morgan fingerprint density at radius 2 is 2.20 bits per heavy atom. The molecule has 25 heavy (non-hydrogen) atoms. The number of guanidine groups is 1. The van der Waals surface area contributed by atoms with Crippen molar-refractivity contribution in [2.75, 3.05) is 47.1 Å². The first-order valence-electron chi connectivity index (χ1n) is 8.91. The molecule has 2 N–H and O–H groups in total. The molecule has 0 unspecified atom stereocenters. The van der Waals surface area contributed by atoms with Crippen LogP contribution in [0.4, 0.5) is 0 Å². The molecular formula is C18H30N4O3. The standard InChI is InChI=1S/C18H30N4O3/c1-19-18(22-13-16-5-3-8-20-17(16)23-2)21-9-4-10-25-14-15-6-11-24-12-7-15/h3,5,8,15H,4,6-7,9-14H2,1-2H3,(H2,19,21,22). The summed E-state index contributed by atoms with van der Waals surface area (Å²) in [6, 6.07) is 3.88. The molecule has 1 aliphatic heterocycles. The molecule has 0 atom stereocenters. The Labute approximate surface area is 150 Å². The van der Waals surface area contributed by atoms with Gasteiger partial charge in [0.2, 0.25) is 5.88 Å². The van der Waals surface area contributed by atoms with E-state index in [1.807, 2.05) is 12.1 Å². The molecule has 1 aromatic rings. The highest BCUT2D eigenvalue weighted by Gasteiger charge is 2.13. The van der Waals surface area contributed by atoms with Gasteiger partial charge in [-0.3, -0.25) is 4.99 Å². The van der Waals surface area contributed by atoms with Crippen LogP contribution in [0.5, 0.6) is 5.88 Å². The summed E-state index contributed by atoms with van der Waals surface area (Å²) in [5.41, 5.74) is 0.993. The molecule has 2 rings (SSSR count). The average molecular weight is 350 g/mol. The van der Waals surface area contributed by atoms with Crippen LogP contribution in [0.3, 0.4) is 0 Å². The van der Waals surface area contributed by atoms with Crippen molar-refractivity contribution in [1.82, 2.24) is 15.6 Å². The second-order valence-electron chi connectivity index (χ2n) is 6.01. The van der Waals surface area contributed by atoms with Crippen LogP contribution in [-0.2, 0) is 16.0 Å². The van der Waals surface area contributed by atoms with E-state index >= 15 is 0 Å². The van der Waals surface area contributed by atoms with Crippen LogP contribution in [0.25, 0.3) is 0 Å². The molecule has 1 aliphatic rings. The molecule has 0 radical (unpaired) electrons. The van der Waals surface area contributed by atoms with E-state index in [1.54, 1.807) is 20.4 Å². The number of aliphatic imine (C=N–C) groups is 1. The summed E-state index contributed by atoms with van der Waals surface area (Å²) in [7, 11) is 3.39. The van der Waals surface area contributed by atoms with Gasteiger partial charge >= 0.3 is 0 Å². The lowest BCUT2D eigenvalue weighted by Crippen LogP contribution is -2.37. The summed E-state index contributed by atoms with van der Waals surface area (Å²) in [5, 5.41) is 6.56. The van der Waals surface area contributed by atoms with Crippen molar-refractivity contribution in [2.45, 2.75) is 25.8 Å². The molecule has 7 nitrogen and oxygen atoms in total. The Kier molecular flexibility index (Phi) is 9.07. The minimum atomic E-state index is 0.608. The maximum absolute atomic E-state index is 5.77. The highest BCUT2D eigenvalue weighted by atomic mass is 16.5. The maximum Gasteiger partial charge on any atom is 0.218 e. The van der Waals surface area contributed by atoms with Gasteiger partial charge in [0.15, 0.2) is 5.96 Å². The van der Waals surface area contributed by atoms with Gasteiger partial charge in [-0.25, -0.2) is 4.98 Å². The maximum atomic E-state index is 5.77. The Morgan fingerprint density at radius 3 is 2.96 bits per heavy atom. The van der Waals surface area contributed by atoms with Gasteiger partial charge in [-0.15, -0.1) is 0 Å². The highest BCUT2D eigenvalue weighted by Crippen LogP contribution is 2.14. The van der Waals surface area contributed by atoms with E-state index in [4.69, 9.17) is 14.2 Å². The lowest BCUT2D eigenvalue weighted by atomic mass is 10.0. The predicted octanol–water partition coefficient (Wildman–Crippen LogP) is 1.59. The number of methoxy groups -OCH3 is 1. The fourth-order valence-corrected chi connectivity index (χ4v) is 2.69. The molecule has 0 amide bonds. The lowest BCUT2D eigenvalue weighted by Gasteiger charge is -2.21. The summed E-state index contributed by atoms with van der Waals surface area (Å²) < 4.78 is 16.4. The van der Waals surface area contributed by atoms with Crippen LogP contribution in [0, 0.1) is 5.92 Å². The number of aromatic nitrogens is 1. The summed E-state index contributed by atoms with van der Waals surface area (Å²) in [6.45, 7) is 4.78. The van der Waals surface area contributed by atoms with Crippen LogP contribution in [-0.4, -0.2) is 58.1 Å². The Hall–Kier alpha value is -1.86. The first-order chi connectivity index (χ1) is 12.3. The third kappa shape index (κ3) is 7.27. The van der Waals surface area contributed by atoms with Gasteiger partial charge in [-0.05, 0) is 31.2 Å². The molecule has 2 heterocycles. The zero-order chi connectivity index (χ0) is 17.7. The summed E-state index contributed by atoms with van der Waals surface area (Å²) >= 11 is 0. The molecule has 1 fully saturated rings. The smallest absolute Gasteiger partial charge is 0.218 e.